The number of carbonyl (C=O) groups is 1. The first-order valence-corrected chi connectivity index (χ1v) is 14.0. The molecule has 6 nitrogen and oxygen atoms in total. The Bertz CT molecular complexity index is 1410. The van der Waals surface area contributed by atoms with Gasteiger partial charge in [-0.05, 0) is 71.4 Å². The van der Waals surface area contributed by atoms with E-state index in [1.807, 2.05) is 48.5 Å². The Morgan fingerprint density at radius 3 is 2.40 bits per heavy atom. The van der Waals surface area contributed by atoms with Gasteiger partial charge in [-0.25, -0.2) is 0 Å². The van der Waals surface area contributed by atoms with Gasteiger partial charge in [0, 0.05) is 20.0 Å². The van der Waals surface area contributed by atoms with Crippen LogP contribution in [0.4, 0.5) is 4.39 Å². The van der Waals surface area contributed by atoms with Gasteiger partial charge in [0.15, 0.2) is 0 Å². The number of fused-ring (bicyclic) bond motifs is 1. The van der Waals surface area contributed by atoms with E-state index in [0.717, 1.165) is 60.1 Å². The normalized spacial score (nSPS) is 11.9. The average Bonchev–Trinajstić information content (AvgIpc) is 3.36. The Morgan fingerprint density at radius 2 is 1.68 bits per heavy atom. The number of amides is 1. The van der Waals surface area contributed by atoms with Crippen LogP contribution in [-0.4, -0.2) is 52.9 Å². The largest absolute Gasteiger partial charge is 0.494 e. The lowest BCUT2D eigenvalue weighted by Gasteiger charge is -2.17. The first kappa shape index (κ1) is 29.0. The Hall–Kier alpha value is -3.97. The summed E-state index contributed by atoms with van der Waals surface area (Å²) in [5.41, 5.74) is 5.94. The summed E-state index contributed by atoms with van der Waals surface area (Å²) in [7, 11) is 1.72. The van der Waals surface area contributed by atoms with Crippen molar-refractivity contribution in [1.29, 1.82) is 0 Å². The summed E-state index contributed by atoms with van der Waals surface area (Å²) in [4.78, 5) is 13.5. The number of unbranched alkanes of at least 4 members (excludes halogenated alkanes) is 3. The molecule has 1 aromatic heterocycles. The molecule has 3 aromatic carbocycles. The summed E-state index contributed by atoms with van der Waals surface area (Å²) in [5.74, 6) is 0.448. The quantitative estimate of drug-likeness (QED) is 0.135. The number of aromatic amines is 1. The van der Waals surface area contributed by atoms with E-state index in [9.17, 15) is 9.18 Å². The molecule has 0 atom stereocenters. The van der Waals surface area contributed by atoms with Crippen molar-refractivity contribution in [3.8, 4) is 5.75 Å². The lowest BCUT2D eigenvalue weighted by molar-refractivity contribution is -0.130. The molecule has 2 N–H and O–H groups in total. The van der Waals surface area contributed by atoms with Crippen molar-refractivity contribution in [3.63, 3.8) is 0 Å². The molecular formula is C33H38FN3O3. The Morgan fingerprint density at radius 1 is 0.950 bits per heavy atom. The highest BCUT2D eigenvalue weighted by atomic mass is 19.1. The number of hydrogen-bond acceptors (Lipinski definition) is 4. The van der Waals surface area contributed by atoms with Gasteiger partial charge in [0.25, 0.3) is 0 Å². The van der Waals surface area contributed by atoms with Gasteiger partial charge in [0.05, 0.1) is 24.1 Å². The van der Waals surface area contributed by atoms with Gasteiger partial charge >= 0.3 is 0 Å². The number of ether oxygens (including phenoxy) is 1. The van der Waals surface area contributed by atoms with Gasteiger partial charge in [-0.1, -0.05) is 68.3 Å². The number of H-pyrrole nitrogens is 1. The molecular weight excluding hydrogens is 505 g/mol. The van der Waals surface area contributed by atoms with E-state index in [1.165, 1.54) is 5.57 Å². The van der Waals surface area contributed by atoms with Crippen LogP contribution in [0.15, 0.2) is 72.8 Å². The first-order chi connectivity index (χ1) is 19.5. The third-order valence-corrected chi connectivity index (χ3v) is 7.13. The molecule has 0 fully saturated rings. The Kier molecular flexibility index (Phi) is 10.5. The number of likely N-dealkylation sites (N-methyl/N-ethyl adjacent to an activating group) is 1. The van der Waals surface area contributed by atoms with E-state index in [4.69, 9.17) is 9.84 Å². The topological polar surface area (TPSA) is 78.4 Å². The first-order valence-electron chi connectivity index (χ1n) is 14.0. The minimum Gasteiger partial charge on any atom is -0.494 e. The van der Waals surface area contributed by atoms with Crippen molar-refractivity contribution in [1.82, 2.24) is 15.1 Å². The molecule has 4 rings (SSSR count). The SMILES string of the molecule is CC/C(=C(/c1ccc(OCCCCCCC(=O)N(C)CCO)cc1)c1ccc2n[nH]c(F)c2c1)c1ccccc1. The number of nitrogens with one attached hydrogen (secondary N) is 1. The fourth-order valence-corrected chi connectivity index (χ4v) is 4.92. The molecule has 0 bridgehead atoms. The number of carbonyl (C=O) groups excluding carboxylic acids is 1. The van der Waals surface area contributed by atoms with Crippen LogP contribution in [0.1, 0.15) is 62.1 Å². The molecule has 7 heteroatoms. The summed E-state index contributed by atoms with van der Waals surface area (Å²) >= 11 is 0. The highest BCUT2D eigenvalue weighted by molar-refractivity contribution is 6.00. The van der Waals surface area contributed by atoms with Crippen molar-refractivity contribution in [3.05, 3.63) is 95.4 Å². The highest BCUT2D eigenvalue weighted by Gasteiger charge is 2.15. The molecule has 40 heavy (non-hydrogen) atoms. The van der Waals surface area contributed by atoms with Crippen LogP contribution >= 0.6 is 0 Å². The molecule has 0 spiro atoms. The smallest absolute Gasteiger partial charge is 0.222 e. The summed E-state index contributed by atoms with van der Waals surface area (Å²) in [6, 6.07) is 24.1. The number of aromatic nitrogens is 2. The Balaban J connectivity index is 1.43. The number of nitrogens with zero attached hydrogens (tertiary/aromatic N) is 2. The van der Waals surface area contributed by atoms with Crippen LogP contribution in [0.5, 0.6) is 5.75 Å². The lowest BCUT2D eigenvalue weighted by Crippen LogP contribution is -2.29. The van der Waals surface area contributed by atoms with Crippen molar-refractivity contribution < 1.29 is 19.0 Å². The zero-order valence-corrected chi connectivity index (χ0v) is 23.3. The zero-order chi connectivity index (χ0) is 28.3. The van der Waals surface area contributed by atoms with Crippen LogP contribution in [0.25, 0.3) is 22.0 Å². The predicted molar refractivity (Wildman–Crippen MR) is 158 cm³/mol. The monoisotopic (exact) mass is 543 g/mol. The summed E-state index contributed by atoms with van der Waals surface area (Å²) < 4.78 is 20.4. The van der Waals surface area contributed by atoms with Crippen LogP contribution in [0.3, 0.4) is 0 Å². The zero-order valence-electron chi connectivity index (χ0n) is 23.3. The van der Waals surface area contributed by atoms with Gasteiger partial charge in [-0.2, -0.15) is 9.49 Å². The Labute approximate surface area is 235 Å². The fourth-order valence-electron chi connectivity index (χ4n) is 4.92. The minimum atomic E-state index is -0.432. The second-order valence-electron chi connectivity index (χ2n) is 9.92. The van der Waals surface area contributed by atoms with Gasteiger partial charge in [-0.3, -0.25) is 9.89 Å². The lowest BCUT2D eigenvalue weighted by atomic mass is 9.88. The summed E-state index contributed by atoms with van der Waals surface area (Å²) in [6.07, 6.45) is 5.04. The maximum atomic E-state index is 14.4. The van der Waals surface area contributed by atoms with E-state index < -0.39 is 5.95 Å². The number of rotatable bonds is 14. The number of aliphatic hydroxyl groups is 1. The molecule has 1 heterocycles. The van der Waals surface area contributed by atoms with Crippen LogP contribution in [0.2, 0.25) is 0 Å². The van der Waals surface area contributed by atoms with E-state index in [0.29, 0.717) is 30.5 Å². The van der Waals surface area contributed by atoms with Gasteiger partial charge in [0.2, 0.25) is 11.9 Å². The number of benzene rings is 3. The molecule has 0 aliphatic rings. The van der Waals surface area contributed by atoms with Crippen molar-refractivity contribution in [2.75, 3.05) is 26.8 Å². The highest BCUT2D eigenvalue weighted by Crippen LogP contribution is 2.36. The molecule has 0 unspecified atom stereocenters. The van der Waals surface area contributed by atoms with Crippen molar-refractivity contribution >= 4 is 28.0 Å². The van der Waals surface area contributed by atoms with Crippen molar-refractivity contribution in [2.45, 2.75) is 45.4 Å². The number of halogens is 1. The molecule has 0 radical (unpaired) electrons. The third kappa shape index (κ3) is 7.36. The fraction of sp³-hybridized carbons (Fsp3) is 0.333. The number of allylic oxidation sites excluding steroid dienone is 1. The standard InChI is InChI=1S/C33H38FN3O3/c1-3-28(24-11-7-6-8-12-24)32(26-16-19-30-29(23-26)33(34)36-35-30)25-14-17-27(18-15-25)40-22-10-5-4-9-13-31(39)37(2)20-21-38/h6-8,11-12,14-19,23,38H,3-5,9-10,13,20-22H2,1-2H3,(H,35,36)/b32-28+. The summed E-state index contributed by atoms with van der Waals surface area (Å²) in [6.45, 7) is 3.13. The van der Waals surface area contributed by atoms with E-state index >= 15 is 0 Å². The number of hydrogen-bond donors (Lipinski definition) is 2. The van der Waals surface area contributed by atoms with Crippen LogP contribution in [0, 0.1) is 5.95 Å². The van der Waals surface area contributed by atoms with E-state index in [1.54, 1.807) is 11.9 Å². The minimum absolute atomic E-state index is 0.00795. The predicted octanol–water partition coefficient (Wildman–Crippen LogP) is 6.85. The van der Waals surface area contributed by atoms with Crippen LogP contribution < -0.4 is 4.74 Å². The van der Waals surface area contributed by atoms with E-state index in [2.05, 4.69) is 41.4 Å². The summed E-state index contributed by atoms with van der Waals surface area (Å²) in [5, 5.41) is 15.9. The molecule has 1 amide bonds. The maximum absolute atomic E-state index is 14.4. The molecule has 4 aromatic rings. The second kappa shape index (κ2) is 14.4. The third-order valence-electron chi connectivity index (χ3n) is 7.13. The molecule has 0 aliphatic carbocycles. The van der Waals surface area contributed by atoms with Gasteiger partial charge in [0.1, 0.15) is 5.75 Å². The van der Waals surface area contributed by atoms with Gasteiger partial charge in [-0.15, -0.1) is 0 Å². The van der Waals surface area contributed by atoms with Gasteiger partial charge < -0.3 is 14.7 Å². The van der Waals surface area contributed by atoms with E-state index in [-0.39, 0.29) is 12.5 Å². The van der Waals surface area contributed by atoms with Crippen molar-refractivity contribution in [2.24, 2.45) is 0 Å². The average molecular weight is 544 g/mol. The molecule has 0 saturated heterocycles. The second-order valence-corrected chi connectivity index (χ2v) is 9.92. The molecule has 0 aliphatic heterocycles. The molecule has 210 valence electrons. The van der Waals surface area contributed by atoms with Crippen LogP contribution in [-0.2, 0) is 4.79 Å². The molecule has 0 saturated carbocycles. The number of aliphatic hydroxyl groups excluding tert-OH is 1. The maximum Gasteiger partial charge on any atom is 0.222 e.